The van der Waals surface area contributed by atoms with Crippen LogP contribution < -0.4 is 16.4 Å². The van der Waals surface area contributed by atoms with E-state index in [4.69, 9.17) is 19.5 Å². The van der Waals surface area contributed by atoms with Gasteiger partial charge in [-0.1, -0.05) is 84.3 Å². The summed E-state index contributed by atoms with van der Waals surface area (Å²) in [5.41, 5.74) is 4.34. The number of carbonyl (C=O) groups excluding carboxylic acids is 2. The zero-order valence-electron chi connectivity index (χ0n) is 36.5. The first-order chi connectivity index (χ1) is 30.2. The Morgan fingerprint density at radius 1 is 0.922 bits per heavy atom. The molecule has 23 nitrogen and oxygen atoms in total. The summed E-state index contributed by atoms with van der Waals surface area (Å²) in [5, 5.41) is 26.8. The first-order valence-electron chi connectivity index (χ1n) is 21.3. The molecule has 3 heterocycles. The lowest BCUT2D eigenvalue weighted by atomic mass is 9.87. The van der Waals surface area contributed by atoms with Gasteiger partial charge in [0.05, 0.1) is 19.5 Å². The van der Waals surface area contributed by atoms with Crippen LogP contribution in [0.1, 0.15) is 110 Å². The zero-order valence-corrected chi connectivity index (χ0v) is 40.0. The first kappa shape index (κ1) is 56.0. The van der Waals surface area contributed by atoms with Gasteiger partial charge in [0.2, 0.25) is 11.8 Å². The number of hydrogen-bond donors (Lipinski definition) is 9. The normalized spacial score (nSPS) is 20.6. The smallest absolute Gasteiger partial charge is 0.386 e. The lowest BCUT2D eigenvalue weighted by Gasteiger charge is -2.30. The highest BCUT2D eigenvalue weighted by Gasteiger charge is 2.50. The molecule has 27 heteroatoms. The molecular formula is C37H66N7O16P3S. The topological polar surface area (TPSA) is 347 Å². The van der Waals surface area contributed by atoms with Gasteiger partial charge in [-0.2, -0.15) is 16.1 Å². The van der Waals surface area contributed by atoms with Crippen molar-refractivity contribution in [2.75, 3.05) is 43.5 Å². The summed E-state index contributed by atoms with van der Waals surface area (Å²) < 4.78 is 62.4. The quantitative estimate of drug-likeness (QED) is 0.0272. The second kappa shape index (κ2) is 27.4. The molecule has 2 amide bonds. The molecule has 1 aliphatic rings. The second-order valence-electron chi connectivity index (χ2n) is 15.9. The number of rotatable bonds is 33. The average Bonchev–Trinajstić information content (AvgIpc) is 3.78. The van der Waals surface area contributed by atoms with Gasteiger partial charge in [0, 0.05) is 30.7 Å². The maximum atomic E-state index is 12.7. The number of nitrogens with zero attached hydrogens (tertiary/aromatic N) is 4. The Hall–Kier alpha value is -2.37. The molecular weight excluding hydrogens is 923 g/mol. The molecule has 366 valence electrons. The van der Waals surface area contributed by atoms with E-state index in [1.165, 1.54) is 84.5 Å². The van der Waals surface area contributed by atoms with Gasteiger partial charge in [0.1, 0.15) is 36.3 Å². The molecule has 1 saturated heterocycles. The van der Waals surface area contributed by atoms with Crippen molar-refractivity contribution in [3.05, 3.63) is 24.8 Å². The average molecular weight is 990 g/mol. The monoisotopic (exact) mass is 989 g/mol. The molecule has 1 fully saturated rings. The number of allylic oxidation sites excluding steroid dienone is 2. The maximum Gasteiger partial charge on any atom is 0.481 e. The van der Waals surface area contributed by atoms with Crippen molar-refractivity contribution in [3.63, 3.8) is 0 Å². The summed E-state index contributed by atoms with van der Waals surface area (Å²) in [6.07, 6.45) is 12.8. The number of phosphoric ester groups is 3. The van der Waals surface area contributed by atoms with Crippen molar-refractivity contribution in [2.24, 2.45) is 5.41 Å². The van der Waals surface area contributed by atoms with Crippen LogP contribution in [0.25, 0.3) is 11.2 Å². The van der Waals surface area contributed by atoms with Gasteiger partial charge in [0.15, 0.2) is 17.7 Å². The Morgan fingerprint density at radius 3 is 2.23 bits per heavy atom. The highest BCUT2D eigenvalue weighted by Crippen LogP contribution is 2.61. The van der Waals surface area contributed by atoms with Gasteiger partial charge >= 0.3 is 23.5 Å². The maximum absolute atomic E-state index is 12.7. The van der Waals surface area contributed by atoms with E-state index in [9.17, 15) is 53.1 Å². The Kier molecular flexibility index (Phi) is 24.0. The standard InChI is InChI=1S/C37H66N7O16P3S/c1-4-5-6-7-8-9-10-11-12-13-14-15-16-17-21-64-22-20-39-28(45)18-19-40-35(48)32(47)37(2,3)24-57-63(54,55)60-62(52,53)56-23-27-31(59-61(49,50)51)30(46)36(58-27)44-26-43-29-33(38)41-25-42-34(29)44/h7-8,25-27,30-32,36,46-47H,4-6,9-24H2,1-3H3,(H,39,45)(H,40,48)(H,52,53)(H,54,55)(H2,38,41,42)(H2,49,50,51)/b8-7-/t27-,30-,31-,32+,36-/m1/s1. The summed E-state index contributed by atoms with van der Waals surface area (Å²) in [6.45, 7) is 3.18. The van der Waals surface area contributed by atoms with Crippen molar-refractivity contribution < 1.29 is 75.7 Å². The number of fused-ring (bicyclic) bond motifs is 1. The summed E-state index contributed by atoms with van der Waals surface area (Å²) in [5.74, 6) is 0.514. The first-order valence-corrected chi connectivity index (χ1v) is 27.0. The number of ether oxygens (including phenoxy) is 1. The highest BCUT2D eigenvalue weighted by atomic mass is 32.2. The number of hydrogen-bond acceptors (Lipinski definition) is 17. The van der Waals surface area contributed by atoms with Crippen LogP contribution in [0.3, 0.4) is 0 Å². The number of imidazole rings is 1. The molecule has 2 aromatic heterocycles. The molecule has 10 N–H and O–H groups in total. The van der Waals surface area contributed by atoms with E-state index in [1.807, 2.05) is 0 Å². The van der Waals surface area contributed by atoms with E-state index >= 15 is 0 Å². The molecule has 0 bridgehead atoms. The van der Waals surface area contributed by atoms with Gasteiger partial charge in [-0.05, 0) is 31.4 Å². The fraction of sp³-hybridized carbons (Fsp3) is 0.757. The van der Waals surface area contributed by atoms with Gasteiger partial charge in [-0.15, -0.1) is 0 Å². The van der Waals surface area contributed by atoms with Crippen molar-refractivity contribution >= 4 is 64.0 Å². The zero-order chi connectivity index (χ0) is 47.4. The minimum atomic E-state index is -5.55. The molecule has 2 unspecified atom stereocenters. The Morgan fingerprint density at radius 2 is 1.56 bits per heavy atom. The molecule has 3 rings (SSSR count). The van der Waals surface area contributed by atoms with Crippen LogP contribution >= 0.6 is 35.2 Å². The largest absolute Gasteiger partial charge is 0.481 e. The van der Waals surface area contributed by atoms with Crippen LogP contribution in [0.2, 0.25) is 0 Å². The number of thioether (sulfide) groups is 1. The molecule has 1 aliphatic heterocycles. The van der Waals surface area contributed by atoms with E-state index in [2.05, 4.69) is 53.5 Å². The molecule has 0 spiro atoms. The molecule has 0 saturated carbocycles. The lowest BCUT2D eigenvalue weighted by molar-refractivity contribution is -0.137. The van der Waals surface area contributed by atoms with Crippen molar-refractivity contribution in [1.29, 1.82) is 0 Å². The number of unbranched alkanes of at least 4 members (excludes halogenated alkanes) is 10. The molecule has 7 atom stereocenters. The number of aromatic nitrogens is 4. The van der Waals surface area contributed by atoms with E-state index in [0.717, 1.165) is 35.1 Å². The third kappa shape index (κ3) is 20.2. The minimum absolute atomic E-state index is 0.0326. The van der Waals surface area contributed by atoms with Crippen LogP contribution in [0.5, 0.6) is 0 Å². The number of phosphoric acid groups is 3. The Bertz CT molecular complexity index is 1920. The van der Waals surface area contributed by atoms with E-state index in [0.29, 0.717) is 6.54 Å². The third-order valence-electron chi connectivity index (χ3n) is 9.95. The number of carbonyl (C=O) groups is 2. The van der Waals surface area contributed by atoms with Crippen molar-refractivity contribution in [3.8, 4) is 0 Å². The second-order valence-corrected chi connectivity index (χ2v) is 21.4. The summed E-state index contributed by atoms with van der Waals surface area (Å²) in [4.78, 5) is 76.1. The molecule has 2 aromatic rings. The predicted octanol–water partition coefficient (Wildman–Crippen LogP) is 4.40. The molecule has 0 aromatic carbocycles. The Labute approximate surface area is 377 Å². The lowest BCUT2D eigenvalue weighted by Crippen LogP contribution is -2.46. The summed E-state index contributed by atoms with van der Waals surface area (Å²) in [7, 11) is -16.3. The number of nitrogen functional groups attached to an aromatic ring is 1. The summed E-state index contributed by atoms with van der Waals surface area (Å²) in [6, 6.07) is 0. The van der Waals surface area contributed by atoms with Crippen LogP contribution in [0, 0.1) is 5.41 Å². The van der Waals surface area contributed by atoms with Crippen LogP contribution in [-0.2, 0) is 45.9 Å². The molecule has 0 radical (unpaired) electrons. The van der Waals surface area contributed by atoms with Crippen LogP contribution in [0.4, 0.5) is 5.82 Å². The van der Waals surface area contributed by atoms with Crippen molar-refractivity contribution in [1.82, 2.24) is 30.2 Å². The number of anilines is 1. The fourth-order valence-electron chi connectivity index (χ4n) is 6.39. The number of nitrogens with two attached hydrogens (primary N) is 1. The SMILES string of the molecule is CCCC/C=C\CCCCCCCCCCSCCNC(=O)CCNC(=O)[C@H](O)C(C)(C)COP(=O)(O)OP(=O)(O)OC[C@H]1O[C@@H](n2cnc3c(N)ncnc32)[C@H](O)[C@@H]1OP(=O)(O)O. The van der Waals surface area contributed by atoms with Gasteiger partial charge < -0.3 is 50.9 Å². The van der Waals surface area contributed by atoms with Crippen LogP contribution in [0.15, 0.2) is 24.8 Å². The number of amides is 2. The number of nitrogens with one attached hydrogen (secondary N) is 2. The molecule has 0 aliphatic carbocycles. The number of aliphatic hydroxyl groups excluding tert-OH is 2. The van der Waals surface area contributed by atoms with Gasteiger partial charge in [0.25, 0.3) is 0 Å². The van der Waals surface area contributed by atoms with Crippen molar-refractivity contribution in [2.45, 2.75) is 135 Å². The summed E-state index contributed by atoms with van der Waals surface area (Å²) >= 11 is 1.76. The molecule has 64 heavy (non-hydrogen) atoms. The Balaban J connectivity index is 1.31. The highest BCUT2D eigenvalue weighted by molar-refractivity contribution is 7.99. The van der Waals surface area contributed by atoms with Crippen LogP contribution in [-0.4, -0.2) is 123 Å². The van der Waals surface area contributed by atoms with Gasteiger partial charge in [-0.3, -0.25) is 27.7 Å². The van der Waals surface area contributed by atoms with E-state index in [-0.39, 0.29) is 35.9 Å². The van der Waals surface area contributed by atoms with Gasteiger partial charge in [-0.25, -0.2) is 28.6 Å². The van der Waals surface area contributed by atoms with E-state index in [1.54, 1.807) is 11.8 Å². The third-order valence-corrected chi connectivity index (χ3v) is 14.1. The van der Waals surface area contributed by atoms with E-state index < -0.39 is 78.6 Å². The predicted molar refractivity (Wildman–Crippen MR) is 237 cm³/mol. The fourth-order valence-corrected chi connectivity index (χ4v) is 10.1. The number of aliphatic hydroxyl groups is 2. The minimum Gasteiger partial charge on any atom is -0.386 e.